The molecule has 0 saturated carbocycles. The highest BCUT2D eigenvalue weighted by molar-refractivity contribution is 8.00. The molecule has 2 rings (SSSR count). The molecule has 1 fully saturated rings. The lowest BCUT2D eigenvalue weighted by molar-refractivity contribution is -0.0565. The standard InChI is InChI=1S/C12H18N2O6S/c1-19-4-5-20-10-9(17)7(6-15)21-11(10)14-3-2-8(16)13-12(14)18/h2-3,7,9-11,15,17H,4-6H2,1H3,(H,13,16,18)/t7-,9?,10+,11-/m1/s1. The molecule has 21 heavy (non-hydrogen) atoms. The normalized spacial score (nSPS) is 28.9. The first kappa shape index (κ1) is 16.2. The summed E-state index contributed by atoms with van der Waals surface area (Å²) in [5.41, 5.74) is -1.07. The van der Waals surface area contributed by atoms with E-state index in [-0.39, 0.29) is 13.2 Å². The molecule has 2 heterocycles. The van der Waals surface area contributed by atoms with Crippen LogP contribution in [-0.4, -0.2) is 64.2 Å². The quantitative estimate of drug-likeness (QED) is 0.549. The van der Waals surface area contributed by atoms with Gasteiger partial charge in [0.25, 0.3) is 5.56 Å². The highest BCUT2D eigenvalue weighted by Gasteiger charge is 2.45. The van der Waals surface area contributed by atoms with Gasteiger partial charge in [-0.2, -0.15) is 0 Å². The van der Waals surface area contributed by atoms with E-state index in [0.717, 1.165) is 0 Å². The molecule has 3 N–H and O–H groups in total. The third-order valence-corrected chi connectivity index (χ3v) is 4.77. The summed E-state index contributed by atoms with van der Waals surface area (Å²) in [6.07, 6.45) is -0.232. The van der Waals surface area contributed by atoms with Crippen molar-refractivity contribution in [1.82, 2.24) is 9.55 Å². The van der Waals surface area contributed by atoms with Gasteiger partial charge in [0, 0.05) is 19.4 Å². The minimum absolute atomic E-state index is 0.232. The topological polar surface area (TPSA) is 114 Å². The average molecular weight is 318 g/mol. The molecule has 1 aromatic heterocycles. The fourth-order valence-corrected chi connectivity index (χ4v) is 3.62. The molecule has 118 valence electrons. The van der Waals surface area contributed by atoms with Gasteiger partial charge in [-0.1, -0.05) is 0 Å². The Labute approximate surface area is 124 Å². The molecular weight excluding hydrogens is 300 g/mol. The first-order valence-corrected chi connectivity index (χ1v) is 7.39. The van der Waals surface area contributed by atoms with Crippen LogP contribution in [0.4, 0.5) is 0 Å². The number of aromatic amines is 1. The molecule has 0 bridgehead atoms. The number of rotatable bonds is 6. The molecule has 4 atom stereocenters. The summed E-state index contributed by atoms with van der Waals surface area (Å²) in [6.45, 7) is 0.376. The van der Waals surface area contributed by atoms with Crippen molar-refractivity contribution in [3.8, 4) is 0 Å². The van der Waals surface area contributed by atoms with Crippen molar-refractivity contribution in [3.05, 3.63) is 33.1 Å². The van der Waals surface area contributed by atoms with Crippen LogP contribution in [0.2, 0.25) is 0 Å². The summed E-state index contributed by atoms with van der Waals surface area (Å²) in [5, 5.41) is 18.5. The summed E-state index contributed by atoms with van der Waals surface area (Å²) >= 11 is 1.23. The van der Waals surface area contributed by atoms with E-state index in [0.29, 0.717) is 6.61 Å². The highest BCUT2D eigenvalue weighted by Crippen LogP contribution is 2.42. The molecule has 0 aromatic carbocycles. The molecule has 0 amide bonds. The second-order valence-corrected chi connectivity index (χ2v) is 5.94. The Morgan fingerprint density at radius 2 is 2.19 bits per heavy atom. The number of ether oxygens (including phenoxy) is 2. The van der Waals surface area contributed by atoms with E-state index in [2.05, 4.69) is 4.98 Å². The fourth-order valence-electron chi connectivity index (χ4n) is 2.17. The van der Waals surface area contributed by atoms with Crippen molar-refractivity contribution in [3.63, 3.8) is 0 Å². The lowest BCUT2D eigenvalue weighted by Crippen LogP contribution is -2.39. The van der Waals surface area contributed by atoms with Crippen LogP contribution >= 0.6 is 11.8 Å². The molecule has 1 saturated heterocycles. The number of aromatic nitrogens is 2. The van der Waals surface area contributed by atoms with E-state index in [1.807, 2.05) is 0 Å². The number of hydrogen-bond donors (Lipinski definition) is 3. The number of aliphatic hydroxyl groups excluding tert-OH is 2. The lowest BCUT2D eigenvalue weighted by Gasteiger charge is -2.23. The summed E-state index contributed by atoms with van der Waals surface area (Å²) < 4.78 is 11.8. The van der Waals surface area contributed by atoms with Gasteiger partial charge in [0.2, 0.25) is 0 Å². The second-order valence-electron chi connectivity index (χ2n) is 4.58. The van der Waals surface area contributed by atoms with Crippen molar-refractivity contribution in [2.75, 3.05) is 26.9 Å². The number of thioether (sulfide) groups is 1. The first-order chi connectivity index (χ1) is 10.1. The molecular formula is C12H18N2O6S. The molecule has 0 radical (unpaired) electrons. The number of aliphatic hydroxyl groups is 2. The van der Waals surface area contributed by atoms with E-state index in [9.17, 15) is 19.8 Å². The molecule has 0 spiro atoms. The van der Waals surface area contributed by atoms with Crippen LogP contribution in [0.5, 0.6) is 0 Å². The van der Waals surface area contributed by atoms with Crippen LogP contribution in [0.25, 0.3) is 0 Å². The number of hydrogen-bond acceptors (Lipinski definition) is 7. The van der Waals surface area contributed by atoms with Gasteiger partial charge in [-0.3, -0.25) is 14.3 Å². The van der Waals surface area contributed by atoms with Crippen molar-refractivity contribution >= 4 is 11.8 Å². The summed E-state index contributed by atoms with van der Waals surface area (Å²) in [7, 11) is 1.53. The van der Waals surface area contributed by atoms with Gasteiger partial charge in [0.1, 0.15) is 11.5 Å². The Morgan fingerprint density at radius 3 is 2.81 bits per heavy atom. The maximum atomic E-state index is 11.9. The van der Waals surface area contributed by atoms with Gasteiger partial charge in [0.15, 0.2) is 0 Å². The lowest BCUT2D eigenvalue weighted by atomic mass is 10.1. The zero-order valence-corrected chi connectivity index (χ0v) is 12.3. The summed E-state index contributed by atoms with van der Waals surface area (Å²) in [5.74, 6) is 0. The Bertz CT molecular complexity index is 573. The number of nitrogens with one attached hydrogen (secondary N) is 1. The zero-order valence-electron chi connectivity index (χ0n) is 11.5. The SMILES string of the molecule is COCCO[C@H]1C(O)[C@@H](CO)S[C@H]1n1ccc(=O)[nH]c1=O. The largest absolute Gasteiger partial charge is 0.395 e. The first-order valence-electron chi connectivity index (χ1n) is 6.45. The van der Waals surface area contributed by atoms with Gasteiger partial charge in [-0.15, -0.1) is 11.8 Å². The van der Waals surface area contributed by atoms with Crippen LogP contribution in [-0.2, 0) is 9.47 Å². The maximum Gasteiger partial charge on any atom is 0.329 e. The van der Waals surface area contributed by atoms with Gasteiger partial charge in [-0.05, 0) is 0 Å². The van der Waals surface area contributed by atoms with Crippen molar-refractivity contribution in [2.45, 2.75) is 22.8 Å². The molecule has 9 heteroatoms. The molecule has 1 aromatic rings. The van der Waals surface area contributed by atoms with Crippen LogP contribution in [0, 0.1) is 0 Å². The third-order valence-electron chi connectivity index (χ3n) is 3.22. The number of methoxy groups -OCH3 is 1. The molecule has 1 unspecified atom stereocenters. The summed E-state index contributed by atoms with van der Waals surface area (Å²) in [6, 6.07) is 1.23. The van der Waals surface area contributed by atoms with Gasteiger partial charge < -0.3 is 19.7 Å². The monoisotopic (exact) mass is 318 g/mol. The van der Waals surface area contributed by atoms with E-state index in [4.69, 9.17) is 9.47 Å². The van der Waals surface area contributed by atoms with Crippen molar-refractivity contribution in [1.29, 1.82) is 0 Å². The Kier molecular flexibility index (Phi) is 5.59. The number of nitrogens with zero attached hydrogens (tertiary/aromatic N) is 1. The van der Waals surface area contributed by atoms with E-state index in [1.165, 1.54) is 35.7 Å². The van der Waals surface area contributed by atoms with Gasteiger partial charge >= 0.3 is 5.69 Å². The van der Waals surface area contributed by atoms with Gasteiger partial charge in [0.05, 0.1) is 31.2 Å². The smallest absolute Gasteiger partial charge is 0.329 e. The van der Waals surface area contributed by atoms with Crippen LogP contribution in [0.1, 0.15) is 5.37 Å². The minimum atomic E-state index is -0.916. The molecule has 1 aliphatic rings. The fraction of sp³-hybridized carbons (Fsp3) is 0.667. The molecule has 0 aliphatic carbocycles. The highest BCUT2D eigenvalue weighted by atomic mass is 32.2. The molecule has 1 aliphatic heterocycles. The maximum absolute atomic E-state index is 11.9. The van der Waals surface area contributed by atoms with E-state index in [1.54, 1.807) is 0 Å². The van der Waals surface area contributed by atoms with E-state index < -0.39 is 34.1 Å². The Morgan fingerprint density at radius 1 is 1.43 bits per heavy atom. The van der Waals surface area contributed by atoms with E-state index >= 15 is 0 Å². The Balaban J connectivity index is 2.25. The van der Waals surface area contributed by atoms with Crippen LogP contribution in [0.15, 0.2) is 21.9 Å². The van der Waals surface area contributed by atoms with Crippen LogP contribution < -0.4 is 11.2 Å². The summed E-state index contributed by atoms with van der Waals surface area (Å²) in [4.78, 5) is 25.2. The number of H-pyrrole nitrogens is 1. The minimum Gasteiger partial charge on any atom is -0.395 e. The van der Waals surface area contributed by atoms with Gasteiger partial charge in [-0.25, -0.2) is 4.79 Å². The third kappa shape index (κ3) is 3.55. The van der Waals surface area contributed by atoms with Crippen molar-refractivity contribution < 1.29 is 19.7 Å². The zero-order chi connectivity index (χ0) is 15.4. The van der Waals surface area contributed by atoms with Crippen molar-refractivity contribution in [2.24, 2.45) is 0 Å². The predicted molar refractivity (Wildman–Crippen MR) is 76.4 cm³/mol. The average Bonchev–Trinajstić information content (AvgIpc) is 2.76. The molecule has 8 nitrogen and oxygen atoms in total. The second kappa shape index (κ2) is 7.23. The Hall–Kier alpha value is -1.13. The van der Waals surface area contributed by atoms with Crippen LogP contribution in [0.3, 0.4) is 0 Å². The predicted octanol–water partition coefficient (Wildman–Crippen LogP) is -1.46.